The Morgan fingerprint density at radius 3 is 2.13 bits per heavy atom. The fourth-order valence-electron chi connectivity index (χ4n) is 4.10. The van der Waals surface area contributed by atoms with E-state index >= 15 is 0 Å². The van der Waals surface area contributed by atoms with Crippen molar-refractivity contribution in [3.05, 3.63) is 108 Å². The normalized spacial score (nSPS) is 15.6. The van der Waals surface area contributed by atoms with Gasteiger partial charge in [-0.15, -0.1) is 0 Å². The van der Waals surface area contributed by atoms with E-state index in [9.17, 15) is 9.59 Å². The number of aromatic nitrogens is 2. The Morgan fingerprint density at radius 1 is 0.900 bits per heavy atom. The number of imide groups is 1. The van der Waals surface area contributed by atoms with Gasteiger partial charge in [0.15, 0.2) is 5.54 Å². The van der Waals surface area contributed by atoms with E-state index in [1.54, 1.807) is 0 Å². The van der Waals surface area contributed by atoms with E-state index < -0.39 is 11.6 Å². The number of imidazole rings is 1. The van der Waals surface area contributed by atoms with E-state index in [1.165, 1.54) is 4.90 Å². The van der Waals surface area contributed by atoms with E-state index in [0.29, 0.717) is 5.69 Å². The molecule has 4 aromatic rings. The molecule has 6 nitrogen and oxygen atoms in total. The minimum absolute atomic E-state index is 0.104. The van der Waals surface area contributed by atoms with Gasteiger partial charge in [0.2, 0.25) is 0 Å². The Morgan fingerprint density at radius 2 is 1.53 bits per heavy atom. The molecule has 30 heavy (non-hydrogen) atoms. The second-order valence-corrected chi connectivity index (χ2v) is 7.46. The van der Waals surface area contributed by atoms with Gasteiger partial charge in [0.05, 0.1) is 12.2 Å². The van der Waals surface area contributed by atoms with Gasteiger partial charge in [0.25, 0.3) is 5.91 Å². The molecule has 5 rings (SSSR count). The highest BCUT2D eigenvalue weighted by molar-refractivity contribution is 6.09. The lowest BCUT2D eigenvalue weighted by Crippen LogP contribution is -2.45. The Kier molecular flexibility index (Phi) is 4.13. The SMILES string of the molecule is Cc1cccn2cc(CN3C(=O)NC(c4ccccc4)(c4ccccc4)C3=O)nc12. The quantitative estimate of drug-likeness (QED) is 0.536. The summed E-state index contributed by atoms with van der Waals surface area (Å²) in [6.45, 7) is 2.09. The van der Waals surface area contributed by atoms with Crippen LogP contribution >= 0.6 is 0 Å². The summed E-state index contributed by atoms with van der Waals surface area (Å²) in [7, 11) is 0. The molecule has 1 saturated heterocycles. The van der Waals surface area contributed by atoms with Crippen molar-refractivity contribution in [2.75, 3.05) is 0 Å². The minimum atomic E-state index is -1.26. The molecule has 0 saturated carbocycles. The molecule has 0 atom stereocenters. The maximum absolute atomic E-state index is 13.7. The number of urea groups is 1. The van der Waals surface area contributed by atoms with Crippen molar-refractivity contribution in [1.82, 2.24) is 19.6 Å². The number of nitrogens with zero attached hydrogens (tertiary/aromatic N) is 3. The standard InChI is InChI=1S/C24H20N4O2/c1-17-9-8-14-27-15-20(25-21(17)27)16-28-22(29)24(26-23(28)30,18-10-4-2-5-11-18)19-12-6-3-7-13-19/h2-15H,16H2,1H3,(H,26,30). The minimum Gasteiger partial charge on any atom is -0.315 e. The molecule has 1 aliphatic rings. The first-order chi connectivity index (χ1) is 14.6. The Bertz CT molecular complexity index is 1210. The third-order valence-electron chi connectivity index (χ3n) is 5.57. The fourth-order valence-corrected chi connectivity index (χ4v) is 4.10. The van der Waals surface area contributed by atoms with Crippen molar-refractivity contribution in [1.29, 1.82) is 0 Å². The first-order valence-electron chi connectivity index (χ1n) is 9.78. The molecule has 0 unspecified atom stereocenters. The van der Waals surface area contributed by atoms with Gasteiger partial charge in [-0.2, -0.15) is 0 Å². The molecule has 1 aliphatic heterocycles. The average Bonchev–Trinajstić information content (AvgIpc) is 3.31. The van der Waals surface area contributed by atoms with Crippen LogP contribution in [0.4, 0.5) is 4.79 Å². The van der Waals surface area contributed by atoms with E-state index in [0.717, 1.165) is 22.3 Å². The molecule has 0 aliphatic carbocycles. The average molecular weight is 396 g/mol. The van der Waals surface area contributed by atoms with Crippen molar-refractivity contribution < 1.29 is 9.59 Å². The van der Waals surface area contributed by atoms with Crippen LogP contribution in [0, 0.1) is 6.92 Å². The Hall–Kier alpha value is -3.93. The van der Waals surface area contributed by atoms with Gasteiger partial charge in [-0.3, -0.25) is 9.69 Å². The molecule has 6 heteroatoms. The topological polar surface area (TPSA) is 66.7 Å². The van der Waals surface area contributed by atoms with E-state index in [2.05, 4.69) is 10.3 Å². The zero-order valence-electron chi connectivity index (χ0n) is 16.4. The van der Waals surface area contributed by atoms with Gasteiger partial charge in [-0.1, -0.05) is 66.7 Å². The van der Waals surface area contributed by atoms with Gasteiger partial charge < -0.3 is 9.72 Å². The van der Waals surface area contributed by atoms with Crippen LogP contribution in [0.15, 0.2) is 85.2 Å². The van der Waals surface area contributed by atoms with Crippen LogP contribution in [-0.4, -0.2) is 26.2 Å². The number of hydrogen-bond donors (Lipinski definition) is 1. The zero-order chi connectivity index (χ0) is 20.7. The maximum atomic E-state index is 13.7. The lowest BCUT2D eigenvalue weighted by molar-refractivity contribution is -0.130. The Labute approximate surface area is 173 Å². The highest BCUT2D eigenvalue weighted by atomic mass is 16.2. The predicted octanol–water partition coefficient (Wildman–Crippen LogP) is 3.64. The number of aryl methyl sites for hydroxylation is 1. The highest BCUT2D eigenvalue weighted by Crippen LogP contribution is 2.36. The molecule has 3 heterocycles. The maximum Gasteiger partial charge on any atom is 0.325 e. The van der Waals surface area contributed by atoms with Crippen LogP contribution < -0.4 is 5.32 Å². The van der Waals surface area contributed by atoms with Crippen molar-refractivity contribution >= 4 is 17.6 Å². The van der Waals surface area contributed by atoms with Crippen LogP contribution in [0.5, 0.6) is 0 Å². The van der Waals surface area contributed by atoms with E-state index in [1.807, 2.05) is 96.5 Å². The highest BCUT2D eigenvalue weighted by Gasteiger charge is 2.53. The van der Waals surface area contributed by atoms with Gasteiger partial charge in [0.1, 0.15) is 5.65 Å². The zero-order valence-corrected chi connectivity index (χ0v) is 16.4. The molecule has 1 fully saturated rings. The van der Waals surface area contributed by atoms with Crippen molar-refractivity contribution in [2.24, 2.45) is 0 Å². The molecule has 0 bridgehead atoms. The smallest absolute Gasteiger partial charge is 0.315 e. The molecular weight excluding hydrogens is 376 g/mol. The summed E-state index contributed by atoms with van der Waals surface area (Å²) < 4.78 is 1.91. The van der Waals surface area contributed by atoms with Crippen LogP contribution in [0.1, 0.15) is 22.4 Å². The summed E-state index contributed by atoms with van der Waals surface area (Å²) in [6.07, 6.45) is 3.76. The summed E-state index contributed by atoms with van der Waals surface area (Å²) in [4.78, 5) is 32.6. The lowest BCUT2D eigenvalue weighted by Gasteiger charge is -2.27. The molecular formula is C24H20N4O2. The second kappa shape index (κ2) is 6.84. The summed E-state index contributed by atoms with van der Waals surface area (Å²) in [5.41, 5.74) is 2.70. The summed E-state index contributed by atoms with van der Waals surface area (Å²) in [5.74, 6) is -0.307. The summed E-state index contributed by atoms with van der Waals surface area (Å²) >= 11 is 0. The number of carbonyl (C=O) groups is 2. The van der Waals surface area contributed by atoms with E-state index in [-0.39, 0.29) is 12.5 Å². The molecule has 2 aromatic carbocycles. The molecule has 148 valence electrons. The number of hydrogen-bond acceptors (Lipinski definition) is 3. The number of carbonyl (C=O) groups excluding carboxylic acids is 2. The van der Waals surface area contributed by atoms with Gasteiger partial charge >= 0.3 is 6.03 Å². The van der Waals surface area contributed by atoms with Gasteiger partial charge in [-0.25, -0.2) is 9.78 Å². The van der Waals surface area contributed by atoms with Gasteiger partial charge in [-0.05, 0) is 29.7 Å². The molecule has 0 spiro atoms. The number of rotatable bonds is 4. The summed E-state index contributed by atoms with van der Waals surface area (Å²) in [5, 5.41) is 2.97. The Balaban J connectivity index is 1.57. The van der Waals surface area contributed by atoms with Crippen molar-refractivity contribution in [3.63, 3.8) is 0 Å². The van der Waals surface area contributed by atoms with Crippen molar-refractivity contribution in [3.8, 4) is 0 Å². The number of fused-ring (bicyclic) bond motifs is 1. The monoisotopic (exact) mass is 396 g/mol. The lowest BCUT2D eigenvalue weighted by atomic mass is 9.82. The third-order valence-corrected chi connectivity index (χ3v) is 5.57. The molecule has 0 radical (unpaired) electrons. The number of benzene rings is 2. The predicted molar refractivity (Wildman–Crippen MR) is 113 cm³/mol. The third kappa shape index (κ3) is 2.69. The van der Waals surface area contributed by atoms with Crippen LogP contribution in [-0.2, 0) is 16.9 Å². The van der Waals surface area contributed by atoms with E-state index in [4.69, 9.17) is 0 Å². The number of nitrogens with one attached hydrogen (secondary N) is 1. The second-order valence-electron chi connectivity index (χ2n) is 7.46. The summed E-state index contributed by atoms with van der Waals surface area (Å²) in [6, 6.07) is 22.2. The van der Waals surface area contributed by atoms with Crippen molar-refractivity contribution in [2.45, 2.75) is 19.0 Å². The first kappa shape index (κ1) is 18.1. The molecule has 3 amide bonds. The number of pyridine rings is 1. The van der Waals surface area contributed by atoms with Crippen LogP contribution in [0.2, 0.25) is 0 Å². The first-order valence-corrected chi connectivity index (χ1v) is 9.78. The largest absolute Gasteiger partial charge is 0.325 e. The molecule has 1 N–H and O–H groups in total. The molecule has 2 aromatic heterocycles. The van der Waals surface area contributed by atoms with Gasteiger partial charge in [0, 0.05) is 12.4 Å². The fraction of sp³-hybridized carbons (Fsp3) is 0.125. The van der Waals surface area contributed by atoms with Crippen LogP contribution in [0.3, 0.4) is 0 Å². The van der Waals surface area contributed by atoms with Crippen LogP contribution in [0.25, 0.3) is 5.65 Å². The number of amides is 3.